The van der Waals surface area contributed by atoms with Crippen molar-refractivity contribution in [3.63, 3.8) is 0 Å². The fourth-order valence-corrected chi connectivity index (χ4v) is 1.81. The molecule has 0 aliphatic carbocycles. The van der Waals surface area contributed by atoms with E-state index in [1.807, 2.05) is 17.1 Å². The Bertz CT molecular complexity index is 422. The van der Waals surface area contributed by atoms with Crippen LogP contribution in [0.1, 0.15) is 5.56 Å². The predicted octanol–water partition coefficient (Wildman–Crippen LogP) is 3.37. The molecule has 0 fully saturated rings. The molecule has 2 aromatic rings. The van der Waals surface area contributed by atoms with Crippen molar-refractivity contribution in [2.45, 2.75) is 5.33 Å². The van der Waals surface area contributed by atoms with Crippen LogP contribution in [0.5, 0.6) is 0 Å². The number of benzene rings is 1. The molecule has 0 bridgehead atoms. The molecule has 0 spiro atoms. The number of hydrogen-bond acceptors (Lipinski definition) is 1. The molecule has 0 saturated carbocycles. The highest BCUT2D eigenvalue weighted by Crippen LogP contribution is 2.12. The van der Waals surface area contributed by atoms with Crippen LogP contribution in [0.15, 0.2) is 36.7 Å². The Balaban J connectivity index is 2.34. The summed E-state index contributed by atoms with van der Waals surface area (Å²) in [5.74, 6) is 0. The van der Waals surface area contributed by atoms with Gasteiger partial charge in [-0.15, -0.1) is 0 Å². The molecule has 0 saturated heterocycles. The Hall–Kier alpha value is -0.360. The Morgan fingerprint density at radius 1 is 1.29 bits per heavy atom. The van der Waals surface area contributed by atoms with Crippen LogP contribution in [0.4, 0.5) is 0 Å². The van der Waals surface area contributed by atoms with Crippen molar-refractivity contribution in [1.29, 1.82) is 0 Å². The highest BCUT2D eigenvalue weighted by molar-refractivity contribution is 14.1. The fourth-order valence-electron chi connectivity index (χ4n) is 1.16. The standard InChI is InChI=1S/C10H8BrIN2/c11-5-8-6-13-14(7-8)10-3-1-9(12)2-4-10/h1-4,6-7H,5H2. The van der Waals surface area contributed by atoms with E-state index in [1.165, 1.54) is 9.13 Å². The van der Waals surface area contributed by atoms with Gasteiger partial charge in [-0.3, -0.25) is 0 Å². The van der Waals surface area contributed by atoms with Gasteiger partial charge < -0.3 is 0 Å². The Labute approximate surface area is 105 Å². The molecule has 1 heterocycles. The second-order valence-electron chi connectivity index (χ2n) is 2.90. The van der Waals surface area contributed by atoms with Crippen molar-refractivity contribution in [2.75, 3.05) is 0 Å². The zero-order valence-corrected chi connectivity index (χ0v) is 11.1. The lowest BCUT2D eigenvalue weighted by Gasteiger charge is -1.99. The van der Waals surface area contributed by atoms with E-state index >= 15 is 0 Å². The molecule has 0 atom stereocenters. The summed E-state index contributed by atoms with van der Waals surface area (Å²) in [6.07, 6.45) is 3.89. The van der Waals surface area contributed by atoms with E-state index in [4.69, 9.17) is 0 Å². The van der Waals surface area contributed by atoms with Crippen LogP contribution in [0.2, 0.25) is 0 Å². The summed E-state index contributed by atoms with van der Waals surface area (Å²) in [5, 5.41) is 5.12. The zero-order valence-electron chi connectivity index (χ0n) is 7.32. The van der Waals surface area contributed by atoms with Gasteiger partial charge in [-0.1, -0.05) is 15.9 Å². The van der Waals surface area contributed by atoms with Crippen LogP contribution < -0.4 is 0 Å². The topological polar surface area (TPSA) is 17.8 Å². The minimum Gasteiger partial charge on any atom is -0.241 e. The largest absolute Gasteiger partial charge is 0.241 e. The molecule has 1 aromatic carbocycles. The van der Waals surface area contributed by atoms with Gasteiger partial charge in [0.05, 0.1) is 11.9 Å². The van der Waals surface area contributed by atoms with Crippen LogP contribution in [0.25, 0.3) is 5.69 Å². The van der Waals surface area contributed by atoms with E-state index < -0.39 is 0 Å². The molecule has 0 amide bonds. The summed E-state index contributed by atoms with van der Waals surface area (Å²) in [5.41, 5.74) is 2.28. The van der Waals surface area contributed by atoms with E-state index in [0.717, 1.165) is 11.0 Å². The molecule has 2 nitrogen and oxygen atoms in total. The molecule has 0 unspecified atom stereocenters. The maximum atomic E-state index is 4.27. The third-order valence-electron chi connectivity index (χ3n) is 1.88. The first-order valence-electron chi connectivity index (χ1n) is 4.15. The number of alkyl halides is 1. The molecule has 1 aromatic heterocycles. The highest BCUT2D eigenvalue weighted by Gasteiger charge is 1.98. The van der Waals surface area contributed by atoms with Gasteiger partial charge in [0.15, 0.2) is 0 Å². The Morgan fingerprint density at radius 3 is 2.57 bits per heavy atom. The van der Waals surface area contributed by atoms with E-state index in [0.29, 0.717) is 0 Å². The fraction of sp³-hybridized carbons (Fsp3) is 0.100. The van der Waals surface area contributed by atoms with Gasteiger partial charge in [0.1, 0.15) is 0 Å². The third kappa shape index (κ3) is 2.17. The number of halogens is 2. The lowest BCUT2D eigenvalue weighted by molar-refractivity contribution is 0.880. The van der Waals surface area contributed by atoms with Gasteiger partial charge in [0, 0.05) is 20.7 Å². The summed E-state index contributed by atoms with van der Waals surface area (Å²) in [6, 6.07) is 8.27. The third-order valence-corrected chi connectivity index (χ3v) is 3.25. The van der Waals surface area contributed by atoms with Crippen LogP contribution >= 0.6 is 38.5 Å². The molecule has 2 rings (SSSR count). The molecular formula is C10H8BrIN2. The number of rotatable bonds is 2. The molecule has 0 aliphatic rings. The first kappa shape index (κ1) is 10.2. The van der Waals surface area contributed by atoms with Crippen molar-refractivity contribution in [2.24, 2.45) is 0 Å². The normalized spacial score (nSPS) is 10.4. The van der Waals surface area contributed by atoms with E-state index in [-0.39, 0.29) is 0 Å². The van der Waals surface area contributed by atoms with E-state index in [1.54, 1.807) is 0 Å². The number of aromatic nitrogens is 2. The summed E-state index contributed by atoms with van der Waals surface area (Å²) in [6.45, 7) is 0. The minimum absolute atomic E-state index is 0.845. The Kier molecular flexibility index (Phi) is 3.22. The molecule has 72 valence electrons. The molecule has 0 aliphatic heterocycles. The maximum Gasteiger partial charge on any atom is 0.0646 e. The van der Waals surface area contributed by atoms with Crippen molar-refractivity contribution in [1.82, 2.24) is 9.78 Å². The second-order valence-corrected chi connectivity index (χ2v) is 4.71. The molecular weight excluding hydrogens is 355 g/mol. The van der Waals surface area contributed by atoms with Gasteiger partial charge in [-0.05, 0) is 46.9 Å². The molecule has 0 radical (unpaired) electrons. The van der Waals surface area contributed by atoms with Crippen LogP contribution in [0.3, 0.4) is 0 Å². The molecule has 0 N–H and O–H groups in total. The number of hydrogen-bond donors (Lipinski definition) is 0. The van der Waals surface area contributed by atoms with Gasteiger partial charge in [0.2, 0.25) is 0 Å². The van der Waals surface area contributed by atoms with Gasteiger partial charge in [0.25, 0.3) is 0 Å². The smallest absolute Gasteiger partial charge is 0.0646 e. The van der Waals surface area contributed by atoms with Crippen LogP contribution in [-0.2, 0) is 5.33 Å². The lowest BCUT2D eigenvalue weighted by Crippen LogP contribution is -1.93. The van der Waals surface area contributed by atoms with Crippen LogP contribution in [-0.4, -0.2) is 9.78 Å². The van der Waals surface area contributed by atoms with Gasteiger partial charge >= 0.3 is 0 Å². The number of nitrogens with zero attached hydrogens (tertiary/aromatic N) is 2. The quantitative estimate of drug-likeness (QED) is 0.591. The van der Waals surface area contributed by atoms with Gasteiger partial charge in [-0.2, -0.15) is 5.10 Å². The van der Waals surface area contributed by atoms with E-state index in [2.05, 4.69) is 67.9 Å². The van der Waals surface area contributed by atoms with Gasteiger partial charge in [-0.25, -0.2) is 4.68 Å². The second kappa shape index (κ2) is 4.44. The lowest BCUT2D eigenvalue weighted by atomic mass is 10.3. The molecule has 14 heavy (non-hydrogen) atoms. The van der Waals surface area contributed by atoms with Crippen molar-refractivity contribution in [3.05, 3.63) is 45.8 Å². The summed E-state index contributed by atoms with van der Waals surface area (Å²) >= 11 is 5.69. The Morgan fingerprint density at radius 2 is 2.00 bits per heavy atom. The highest BCUT2D eigenvalue weighted by atomic mass is 127. The van der Waals surface area contributed by atoms with Crippen LogP contribution in [0, 0.1) is 3.57 Å². The van der Waals surface area contributed by atoms with E-state index in [9.17, 15) is 0 Å². The summed E-state index contributed by atoms with van der Waals surface area (Å²) < 4.78 is 3.12. The summed E-state index contributed by atoms with van der Waals surface area (Å²) in [7, 11) is 0. The zero-order chi connectivity index (χ0) is 9.97. The maximum absolute atomic E-state index is 4.27. The molecule has 4 heteroatoms. The first-order valence-corrected chi connectivity index (χ1v) is 6.35. The first-order chi connectivity index (χ1) is 6.79. The predicted molar refractivity (Wildman–Crippen MR) is 68.9 cm³/mol. The van der Waals surface area contributed by atoms with Crippen molar-refractivity contribution >= 4 is 38.5 Å². The monoisotopic (exact) mass is 362 g/mol. The minimum atomic E-state index is 0.845. The average molecular weight is 363 g/mol. The summed E-state index contributed by atoms with van der Waals surface area (Å²) in [4.78, 5) is 0. The average Bonchev–Trinajstić information content (AvgIpc) is 2.67. The van der Waals surface area contributed by atoms with Crippen molar-refractivity contribution in [3.8, 4) is 5.69 Å². The van der Waals surface area contributed by atoms with Crippen molar-refractivity contribution < 1.29 is 0 Å². The SMILES string of the molecule is BrCc1cnn(-c2ccc(I)cc2)c1.